The molecule has 0 saturated carbocycles. The summed E-state index contributed by atoms with van der Waals surface area (Å²) >= 11 is 0. The fourth-order valence-corrected chi connectivity index (χ4v) is 1.70. The van der Waals surface area contributed by atoms with Crippen molar-refractivity contribution in [3.05, 3.63) is 0 Å². The van der Waals surface area contributed by atoms with Crippen LogP contribution >= 0.6 is 0 Å². The predicted octanol–water partition coefficient (Wildman–Crippen LogP) is 4.41. The van der Waals surface area contributed by atoms with E-state index in [9.17, 15) is 79.8 Å². The van der Waals surface area contributed by atoms with Crippen LogP contribution in [0.4, 0.5) is 70.2 Å². The van der Waals surface area contributed by atoms with Crippen LogP contribution in [-0.4, -0.2) is 73.5 Å². The van der Waals surface area contributed by atoms with E-state index in [1.165, 1.54) is 0 Å². The van der Waals surface area contributed by atoms with Crippen molar-refractivity contribution in [3.63, 3.8) is 0 Å². The highest BCUT2D eigenvalue weighted by molar-refractivity contribution is 5.79. The molecule has 0 atom stereocenters. The van der Waals surface area contributed by atoms with E-state index in [0.717, 1.165) is 0 Å². The van der Waals surface area contributed by atoms with Gasteiger partial charge in [0.1, 0.15) is 0 Å². The van der Waals surface area contributed by atoms with Crippen LogP contribution in [0.3, 0.4) is 0 Å². The maximum Gasteiger partial charge on any atom is 0.410 e. The molecule has 0 aromatic carbocycles. The van der Waals surface area contributed by atoms with Gasteiger partial charge in [0.2, 0.25) is 0 Å². The van der Waals surface area contributed by atoms with Crippen LogP contribution in [0.5, 0.6) is 0 Å². The molecule has 0 spiro atoms. The first kappa shape index (κ1) is 29.8. The summed E-state index contributed by atoms with van der Waals surface area (Å²) in [5.41, 5.74) is 0. The summed E-state index contributed by atoms with van der Waals surface area (Å²) in [6.45, 7) is 0. The van der Waals surface area contributed by atoms with Crippen LogP contribution in [-0.2, 0) is 19.1 Å². The number of halogens is 16. The summed E-state index contributed by atoms with van der Waals surface area (Å²) in [4.78, 5) is 20.9. The summed E-state index contributed by atoms with van der Waals surface area (Å²) in [6, 6.07) is 0. The molecule has 0 unspecified atom stereocenters. The number of esters is 2. The first-order valence-electron chi connectivity index (χ1n) is 6.91. The van der Waals surface area contributed by atoms with Crippen LogP contribution < -0.4 is 0 Å². The van der Waals surface area contributed by atoms with Crippen LogP contribution in [0.1, 0.15) is 0 Å². The van der Waals surface area contributed by atoms with Crippen molar-refractivity contribution in [2.24, 2.45) is 0 Å². The fourth-order valence-electron chi connectivity index (χ4n) is 1.70. The van der Waals surface area contributed by atoms with Gasteiger partial charge in [0.25, 0.3) is 0 Å². The molecule has 0 aromatic heterocycles. The molecule has 0 rings (SSSR count). The summed E-state index contributed by atoms with van der Waals surface area (Å²) in [6.07, 6.45) is 0. The molecule has 0 aliphatic rings. The number of alkyl halides is 16. The van der Waals surface area contributed by atoms with Crippen molar-refractivity contribution in [1.82, 2.24) is 0 Å². The van der Waals surface area contributed by atoms with Crippen molar-refractivity contribution < 1.29 is 89.3 Å². The Morgan fingerprint density at radius 3 is 0.719 bits per heavy atom. The molecule has 20 heteroatoms. The fraction of sp³-hybridized carbons (Fsp3) is 0.833. The topological polar surface area (TPSA) is 52.6 Å². The normalized spacial score (nSPS) is 15.4. The molecular weight excluding hydrogens is 512 g/mol. The van der Waals surface area contributed by atoms with E-state index in [2.05, 4.69) is 9.47 Å². The lowest BCUT2D eigenvalue weighted by molar-refractivity contribution is -0.449. The third-order valence-corrected chi connectivity index (χ3v) is 3.64. The summed E-state index contributed by atoms with van der Waals surface area (Å²) in [5.74, 6) is -72.5. The quantitative estimate of drug-likeness (QED) is 0.336. The van der Waals surface area contributed by atoms with E-state index in [1.54, 1.807) is 0 Å². The van der Waals surface area contributed by atoms with E-state index in [-0.39, 0.29) is 14.2 Å². The third kappa shape index (κ3) is 3.39. The van der Waals surface area contributed by atoms with Gasteiger partial charge in [-0.3, -0.25) is 0 Å². The lowest BCUT2D eigenvalue weighted by Crippen LogP contribution is -2.75. The van der Waals surface area contributed by atoms with E-state index >= 15 is 0 Å². The Labute approximate surface area is 164 Å². The zero-order valence-electron chi connectivity index (χ0n) is 14.7. The Morgan fingerprint density at radius 1 is 0.406 bits per heavy atom. The number of methoxy groups -OCH3 is 2. The van der Waals surface area contributed by atoms with Gasteiger partial charge in [-0.05, 0) is 0 Å². The molecule has 0 saturated heterocycles. The lowest BCUT2D eigenvalue weighted by atomic mass is 9.87. The minimum absolute atomic E-state index is 0.235. The van der Waals surface area contributed by atoms with Crippen molar-refractivity contribution in [2.75, 3.05) is 14.2 Å². The maximum atomic E-state index is 13.4. The first-order valence-corrected chi connectivity index (χ1v) is 6.91. The summed E-state index contributed by atoms with van der Waals surface area (Å²) in [5, 5.41) is 0. The predicted molar refractivity (Wildman–Crippen MR) is 63.6 cm³/mol. The van der Waals surface area contributed by atoms with Crippen molar-refractivity contribution >= 4 is 11.9 Å². The third-order valence-electron chi connectivity index (χ3n) is 3.64. The van der Waals surface area contributed by atoms with Gasteiger partial charge >= 0.3 is 59.3 Å². The van der Waals surface area contributed by atoms with Gasteiger partial charge in [0.15, 0.2) is 0 Å². The molecule has 0 aliphatic carbocycles. The van der Waals surface area contributed by atoms with Crippen LogP contribution in [0.15, 0.2) is 0 Å². The summed E-state index contributed by atoms with van der Waals surface area (Å²) < 4.78 is 218. The second kappa shape index (κ2) is 7.70. The molecule has 0 aromatic rings. The SMILES string of the molecule is COC(=O)C(F)(F)C(F)(F)C(F)(F)C(F)(F)C(F)(F)C(F)(F)C(F)(F)C(F)(F)C(=O)OC. The monoisotopic (exact) mass is 518 g/mol. The van der Waals surface area contributed by atoms with E-state index in [1.807, 2.05) is 0 Å². The number of rotatable bonds is 9. The van der Waals surface area contributed by atoms with Crippen LogP contribution in [0, 0.1) is 0 Å². The summed E-state index contributed by atoms with van der Waals surface area (Å²) in [7, 11) is -0.471. The minimum Gasteiger partial charge on any atom is -0.464 e. The second-order valence-corrected chi connectivity index (χ2v) is 5.58. The number of carbonyl (C=O) groups excluding carboxylic acids is 2. The molecule has 0 N–H and O–H groups in total. The zero-order chi connectivity index (χ0) is 26.6. The number of carbonyl (C=O) groups is 2. The molecule has 0 aliphatic heterocycles. The second-order valence-electron chi connectivity index (χ2n) is 5.58. The van der Waals surface area contributed by atoms with Gasteiger partial charge in [-0.25, -0.2) is 9.59 Å². The van der Waals surface area contributed by atoms with Gasteiger partial charge < -0.3 is 9.47 Å². The molecule has 0 heterocycles. The lowest BCUT2D eigenvalue weighted by Gasteiger charge is -2.42. The van der Waals surface area contributed by atoms with Gasteiger partial charge in [-0.15, -0.1) is 0 Å². The molecule has 0 fully saturated rings. The number of hydrogen-bond acceptors (Lipinski definition) is 4. The van der Waals surface area contributed by atoms with Gasteiger partial charge in [-0.2, -0.15) is 70.2 Å². The molecule has 32 heavy (non-hydrogen) atoms. The van der Waals surface area contributed by atoms with Gasteiger partial charge in [0, 0.05) is 0 Å². The van der Waals surface area contributed by atoms with Gasteiger partial charge in [-0.1, -0.05) is 0 Å². The largest absolute Gasteiger partial charge is 0.464 e. The highest BCUT2D eigenvalue weighted by Gasteiger charge is 2.96. The number of ether oxygens (including phenoxy) is 2. The Bertz CT molecular complexity index is 681. The van der Waals surface area contributed by atoms with Gasteiger partial charge in [0.05, 0.1) is 14.2 Å². The standard InChI is InChI=1S/C12H6F16O4/c1-31-3(29)5(13,14)7(17,18)9(21,22)11(25,26)12(27,28)10(23,24)8(19,20)6(15,16)4(30)32-2/h1-2H3. The molecule has 0 radical (unpaired) electrons. The minimum atomic E-state index is -8.71. The average molecular weight is 518 g/mol. The van der Waals surface area contributed by atoms with E-state index in [0.29, 0.717) is 0 Å². The Morgan fingerprint density at radius 2 is 0.562 bits per heavy atom. The van der Waals surface area contributed by atoms with E-state index in [4.69, 9.17) is 0 Å². The first-order chi connectivity index (χ1) is 13.7. The Hall–Kier alpha value is -2.18. The van der Waals surface area contributed by atoms with Crippen molar-refractivity contribution in [2.45, 2.75) is 47.4 Å². The molecular formula is C12H6F16O4. The van der Waals surface area contributed by atoms with Crippen molar-refractivity contribution in [3.8, 4) is 0 Å². The van der Waals surface area contributed by atoms with Crippen LogP contribution in [0.25, 0.3) is 0 Å². The average Bonchev–Trinajstić information content (AvgIpc) is 2.64. The number of hydrogen-bond donors (Lipinski definition) is 0. The maximum absolute atomic E-state index is 13.4. The molecule has 0 bridgehead atoms. The van der Waals surface area contributed by atoms with Crippen molar-refractivity contribution in [1.29, 1.82) is 0 Å². The Kier molecular flexibility index (Phi) is 7.18. The zero-order valence-corrected chi connectivity index (χ0v) is 14.7. The molecule has 0 amide bonds. The Balaban J connectivity index is 6.91. The highest BCUT2D eigenvalue weighted by atomic mass is 19.4. The molecule has 190 valence electrons. The van der Waals surface area contributed by atoms with E-state index < -0.39 is 59.3 Å². The smallest absolute Gasteiger partial charge is 0.410 e. The van der Waals surface area contributed by atoms with Crippen LogP contribution in [0.2, 0.25) is 0 Å². The molecule has 4 nitrogen and oxygen atoms in total. The highest BCUT2D eigenvalue weighted by Crippen LogP contribution is 2.63.